The summed E-state index contributed by atoms with van der Waals surface area (Å²) < 4.78 is 14.0. The third-order valence-corrected chi connectivity index (χ3v) is 6.19. The Bertz CT molecular complexity index is 1350. The monoisotopic (exact) mass is 442 g/mol. The second-order valence-electron chi connectivity index (χ2n) is 8.34. The summed E-state index contributed by atoms with van der Waals surface area (Å²) in [6, 6.07) is 14.0. The first-order valence-electron chi connectivity index (χ1n) is 10.9. The number of imidazole rings is 1. The van der Waals surface area contributed by atoms with Crippen LogP contribution in [0, 0.1) is 17.7 Å². The highest BCUT2D eigenvalue weighted by Crippen LogP contribution is 2.34. The van der Waals surface area contributed by atoms with E-state index in [2.05, 4.69) is 25.3 Å². The first-order chi connectivity index (χ1) is 16.0. The fourth-order valence-electron chi connectivity index (χ4n) is 4.43. The lowest BCUT2D eigenvalue weighted by molar-refractivity contribution is 0.0909. The lowest BCUT2D eigenvalue weighted by Gasteiger charge is -2.27. The third-order valence-electron chi connectivity index (χ3n) is 6.19. The van der Waals surface area contributed by atoms with Gasteiger partial charge in [-0.15, -0.1) is 0 Å². The van der Waals surface area contributed by atoms with Crippen molar-refractivity contribution >= 4 is 34.2 Å². The van der Waals surface area contributed by atoms with E-state index in [9.17, 15) is 9.18 Å². The SMILES string of the molecule is CC(Nc1ncnc2nc[nH]c12)C1=Nc2ccc(F)cc2C(=O)C(C)C1Cc1ccccc1. The molecule has 0 bridgehead atoms. The van der Waals surface area contributed by atoms with Gasteiger partial charge in [0, 0.05) is 23.1 Å². The molecule has 4 aromatic rings. The number of halogens is 1. The number of aliphatic imine (C=N–C) groups is 1. The van der Waals surface area contributed by atoms with Crippen molar-refractivity contribution in [2.45, 2.75) is 26.3 Å². The maximum Gasteiger partial charge on any atom is 0.182 e. The number of carbonyl (C=O) groups is 1. The Labute approximate surface area is 190 Å². The number of hydrogen-bond acceptors (Lipinski definition) is 6. The number of fused-ring (bicyclic) bond motifs is 2. The summed E-state index contributed by atoms with van der Waals surface area (Å²) >= 11 is 0. The van der Waals surface area contributed by atoms with Gasteiger partial charge in [0.1, 0.15) is 17.7 Å². The van der Waals surface area contributed by atoms with Crippen molar-refractivity contribution in [2.75, 3.05) is 5.32 Å². The van der Waals surface area contributed by atoms with Gasteiger partial charge in [-0.3, -0.25) is 9.79 Å². The lowest BCUT2D eigenvalue weighted by Crippen LogP contribution is -2.38. The number of aromatic nitrogens is 4. The van der Waals surface area contributed by atoms with Gasteiger partial charge in [0.25, 0.3) is 0 Å². The molecule has 8 heteroatoms. The highest BCUT2D eigenvalue weighted by Gasteiger charge is 2.35. The molecule has 33 heavy (non-hydrogen) atoms. The molecule has 1 aliphatic rings. The van der Waals surface area contributed by atoms with Crippen LogP contribution in [0.25, 0.3) is 11.2 Å². The Hall–Kier alpha value is -3.94. The number of carbonyl (C=O) groups excluding carboxylic acids is 1. The summed E-state index contributed by atoms with van der Waals surface area (Å²) in [4.78, 5) is 34.1. The quantitative estimate of drug-likeness (QED) is 0.465. The number of nitrogens with zero attached hydrogens (tertiary/aromatic N) is 4. The van der Waals surface area contributed by atoms with E-state index >= 15 is 0 Å². The molecule has 3 heterocycles. The van der Waals surface area contributed by atoms with Crippen LogP contribution in [-0.4, -0.2) is 37.5 Å². The Morgan fingerprint density at radius 2 is 1.94 bits per heavy atom. The molecule has 0 saturated carbocycles. The molecule has 0 spiro atoms. The highest BCUT2D eigenvalue weighted by atomic mass is 19.1. The minimum absolute atomic E-state index is 0.102. The van der Waals surface area contributed by atoms with Gasteiger partial charge in [0.15, 0.2) is 17.2 Å². The molecule has 0 saturated heterocycles. The fraction of sp³-hybridized carbons (Fsp3) is 0.240. The number of anilines is 1. The standard InChI is InChI=1S/C25H23FN6O/c1-14-18(10-16-6-4-3-5-7-16)21(32-20-9-8-17(26)11-19(20)23(14)33)15(2)31-25-22-24(28-12-27-22)29-13-30-25/h3-9,11-15,18H,10H2,1-2H3,(H2,27,28,29,30,31). The minimum atomic E-state index is -0.443. The maximum atomic E-state index is 14.0. The zero-order chi connectivity index (χ0) is 22.9. The number of benzene rings is 2. The van der Waals surface area contributed by atoms with E-state index in [0.29, 0.717) is 34.7 Å². The first kappa shape index (κ1) is 20.9. The van der Waals surface area contributed by atoms with Gasteiger partial charge >= 0.3 is 0 Å². The van der Waals surface area contributed by atoms with E-state index in [1.54, 1.807) is 12.4 Å². The number of rotatable bonds is 5. The number of nitrogens with one attached hydrogen (secondary N) is 2. The van der Waals surface area contributed by atoms with Crippen molar-refractivity contribution in [3.8, 4) is 0 Å². The molecular weight excluding hydrogens is 419 g/mol. The molecule has 5 rings (SSSR count). The van der Waals surface area contributed by atoms with E-state index in [0.717, 1.165) is 11.3 Å². The van der Waals surface area contributed by atoms with Gasteiger partial charge in [-0.25, -0.2) is 19.3 Å². The van der Waals surface area contributed by atoms with E-state index in [-0.39, 0.29) is 23.7 Å². The Balaban J connectivity index is 1.58. The largest absolute Gasteiger partial charge is 0.360 e. The van der Waals surface area contributed by atoms with Crippen molar-refractivity contribution < 1.29 is 9.18 Å². The van der Waals surface area contributed by atoms with Gasteiger partial charge < -0.3 is 10.3 Å². The summed E-state index contributed by atoms with van der Waals surface area (Å²) in [6.45, 7) is 3.89. The van der Waals surface area contributed by atoms with Crippen molar-refractivity contribution in [1.29, 1.82) is 0 Å². The van der Waals surface area contributed by atoms with Crippen molar-refractivity contribution in [3.63, 3.8) is 0 Å². The van der Waals surface area contributed by atoms with Crippen LogP contribution in [0.1, 0.15) is 29.8 Å². The van der Waals surface area contributed by atoms with Gasteiger partial charge in [-0.05, 0) is 37.1 Å². The summed E-state index contributed by atoms with van der Waals surface area (Å²) in [5.41, 5.74) is 3.99. The molecular formula is C25H23FN6O. The summed E-state index contributed by atoms with van der Waals surface area (Å²) in [7, 11) is 0. The molecule has 166 valence electrons. The molecule has 0 amide bonds. The van der Waals surface area contributed by atoms with Crippen LogP contribution in [0.15, 0.2) is 66.2 Å². The molecule has 0 fully saturated rings. The molecule has 3 atom stereocenters. The van der Waals surface area contributed by atoms with E-state index in [1.165, 1.54) is 18.5 Å². The number of Topliss-reactive ketones (excluding diaryl/α,β-unsaturated/α-hetero) is 1. The van der Waals surface area contributed by atoms with Crippen LogP contribution in [0.2, 0.25) is 0 Å². The van der Waals surface area contributed by atoms with Crippen LogP contribution in [-0.2, 0) is 6.42 Å². The van der Waals surface area contributed by atoms with Gasteiger partial charge in [0.2, 0.25) is 0 Å². The zero-order valence-corrected chi connectivity index (χ0v) is 18.3. The summed E-state index contributed by atoms with van der Waals surface area (Å²) in [6.07, 6.45) is 3.67. The topological polar surface area (TPSA) is 95.9 Å². The molecule has 0 radical (unpaired) electrons. The number of aromatic amines is 1. The third kappa shape index (κ3) is 4.00. The molecule has 7 nitrogen and oxygen atoms in total. The maximum absolute atomic E-state index is 14.0. The fourth-order valence-corrected chi connectivity index (χ4v) is 4.43. The summed E-state index contributed by atoms with van der Waals surface area (Å²) in [5.74, 6) is -0.504. The minimum Gasteiger partial charge on any atom is -0.360 e. The molecule has 3 unspecified atom stereocenters. The van der Waals surface area contributed by atoms with Crippen LogP contribution in [0.5, 0.6) is 0 Å². The predicted molar refractivity (Wildman–Crippen MR) is 125 cm³/mol. The molecule has 2 aromatic heterocycles. The average molecular weight is 442 g/mol. The van der Waals surface area contributed by atoms with E-state index in [4.69, 9.17) is 4.99 Å². The van der Waals surface area contributed by atoms with Crippen LogP contribution >= 0.6 is 0 Å². The Morgan fingerprint density at radius 3 is 2.76 bits per heavy atom. The van der Waals surface area contributed by atoms with Crippen LogP contribution in [0.3, 0.4) is 0 Å². The van der Waals surface area contributed by atoms with Gasteiger partial charge in [-0.1, -0.05) is 37.3 Å². The van der Waals surface area contributed by atoms with Crippen molar-refractivity contribution in [2.24, 2.45) is 16.8 Å². The van der Waals surface area contributed by atoms with Gasteiger partial charge in [0.05, 0.1) is 18.1 Å². The zero-order valence-electron chi connectivity index (χ0n) is 18.3. The number of ketones is 1. The summed E-state index contributed by atoms with van der Waals surface area (Å²) in [5, 5.41) is 3.42. The molecule has 0 aliphatic carbocycles. The van der Waals surface area contributed by atoms with E-state index in [1.807, 2.05) is 44.2 Å². The number of hydrogen-bond donors (Lipinski definition) is 2. The van der Waals surface area contributed by atoms with Crippen LogP contribution in [0.4, 0.5) is 15.9 Å². The molecule has 2 aromatic carbocycles. The van der Waals surface area contributed by atoms with Gasteiger partial charge in [-0.2, -0.15) is 0 Å². The lowest BCUT2D eigenvalue weighted by atomic mass is 9.79. The van der Waals surface area contributed by atoms with Crippen LogP contribution < -0.4 is 5.32 Å². The first-order valence-corrected chi connectivity index (χ1v) is 10.9. The van der Waals surface area contributed by atoms with E-state index < -0.39 is 5.82 Å². The number of H-pyrrole nitrogens is 1. The molecule has 2 N–H and O–H groups in total. The Kier molecular flexibility index (Phi) is 5.42. The van der Waals surface area contributed by atoms with Crippen molar-refractivity contribution in [3.05, 3.63) is 78.1 Å². The smallest absolute Gasteiger partial charge is 0.182 e. The average Bonchev–Trinajstić information content (AvgIpc) is 3.28. The Morgan fingerprint density at radius 1 is 1.12 bits per heavy atom. The highest BCUT2D eigenvalue weighted by molar-refractivity contribution is 6.09. The predicted octanol–water partition coefficient (Wildman–Crippen LogP) is 4.76. The normalized spacial score (nSPS) is 19.0. The second kappa shape index (κ2) is 8.54. The second-order valence-corrected chi connectivity index (χ2v) is 8.34. The van der Waals surface area contributed by atoms with Crippen molar-refractivity contribution in [1.82, 2.24) is 19.9 Å². The molecule has 1 aliphatic heterocycles.